The van der Waals surface area contributed by atoms with Gasteiger partial charge in [0.25, 0.3) is 5.91 Å². The van der Waals surface area contributed by atoms with Crippen LogP contribution in [0.3, 0.4) is 0 Å². The molecule has 1 amide bonds. The summed E-state index contributed by atoms with van der Waals surface area (Å²) in [5, 5.41) is 11.2. The fourth-order valence-corrected chi connectivity index (χ4v) is 7.25. The summed E-state index contributed by atoms with van der Waals surface area (Å²) >= 11 is 0. The summed E-state index contributed by atoms with van der Waals surface area (Å²) < 4.78 is 0. The van der Waals surface area contributed by atoms with Crippen molar-refractivity contribution in [2.24, 2.45) is 16.7 Å². The quantitative estimate of drug-likeness (QED) is 0.627. The molecule has 2 bridgehead atoms. The molecule has 1 unspecified atom stereocenters. The summed E-state index contributed by atoms with van der Waals surface area (Å²) in [5.74, 6) is 1.42. The normalized spacial score (nSPS) is 36.8. The zero-order chi connectivity index (χ0) is 16.0. The van der Waals surface area contributed by atoms with E-state index in [1.807, 2.05) is 18.7 Å². The van der Waals surface area contributed by atoms with E-state index >= 15 is 0 Å². The highest BCUT2D eigenvalue weighted by molar-refractivity contribution is 7.97. The van der Waals surface area contributed by atoms with E-state index in [1.54, 1.807) is 0 Å². The van der Waals surface area contributed by atoms with Crippen LogP contribution in [0.1, 0.15) is 47.5 Å². The zero-order valence-corrected chi connectivity index (χ0v) is 17.3. The van der Waals surface area contributed by atoms with E-state index in [0.29, 0.717) is 16.9 Å². The van der Waals surface area contributed by atoms with Crippen molar-refractivity contribution in [3.63, 3.8) is 0 Å². The Kier molecular flexibility index (Phi) is 6.48. The molecule has 1 N–H and O–H groups in total. The first-order chi connectivity index (χ1) is 9.70. The molecule has 0 aromatic heterocycles. The summed E-state index contributed by atoms with van der Waals surface area (Å²) in [5.41, 5.74) is 0.221. The molecule has 5 heteroatoms. The molecule has 0 aliphatic heterocycles. The van der Waals surface area contributed by atoms with E-state index < -0.39 is 0 Å². The van der Waals surface area contributed by atoms with Gasteiger partial charge >= 0.3 is 0 Å². The Bertz CT molecular complexity index is 413. The fraction of sp³-hybridized carbons (Fsp3) is 0.941. The van der Waals surface area contributed by atoms with Crippen molar-refractivity contribution >= 4 is 16.8 Å². The second-order valence-electron chi connectivity index (χ2n) is 7.60. The van der Waals surface area contributed by atoms with E-state index in [1.165, 1.54) is 6.42 Å². The third kappa shape index (κ3) is 2.86. The van der Waals surface area contributed by atoms with Gasteiger partial charge in [-0.05, 0) is 43.0 Å². The lowest BCUT2D eigenvalue weighted by molar-refractivity contribution is -0.128. The predicted octanol–water partition coefficient (Wildman–Crippen LogP) is -0.707. The Morgan fingerprint density at radius 3 is 2.23 bits per heavy atom. The van der Waals surface area contributed by atoms with Crippen molar-refractivity contribution < 1.29 is 26.9 Å². The van der Waals surface area contributed by atoms with Gasteiger partial charge in [0.2, 0.25) is 0 Å². The molecule has 2 fully saturated rings. The zero-order valence-electron chi connectivity index (χ0n) is 14.9. The number of carbonyl (C=O) groups is 1. The molecule has 0 aromatic rings. The number of rotatable bonds is 5. The van der Waals surface area contributed by atoms with E-state index in [2.05, 4.69) is 27.0 Å². The Hall–Kier alpha value is 0.260. The van der Waals surface area contributed by atoms with Crippen molar-refractivity contribution in [3.05, 3.63) is 0 Å². The van der Waals surface area contributed by atoms with Crippen LogP contribution in [-0.2, 0) is 15.7 Å². The molecule has 2 aliphatic rings. The molecule has 2 aliphatic carbocycles. The number of aliphatic hydroxyl groups is 1. The van der Waals surface area contributed by atoms with Gasteiger partial charge in [-0.25, -0.2) is 0 Å². The van der Waals surface area contributed by atoms with Crippen LogP contribution in [-0.4, -0.2) is 52.4 Å². The fourth-order valence-electron chi connectivity index (χ4n) is 4.71. The van der Waals surface area contributed by atoms with Crippen LogP contribution in [0.5, 0.6) is 0 Å². The van der Waals surface area contributed by atoms with Crippen molar-refractivity contribution in [2.45, 2.75) is 58.8 Å². The third-order valence-electron chi connectivity index (χ3n) is 6.67. The largest absolute Gasteiger partial charge is 1.00 e. The maximum absolute atomic E-state index is 12.4. The van der Waals surface area contributed by atoms with Crippen molar-refractivity contribution in [1.82, 2.24) is 4.90 Å². The standard InChI is InChI=1S/C17H32NO2S.BrH/c1-7-18(8-2)13(19)11-21(6)14-12-9-10-17(5,15(14)20)16(12,3)4;/h12,14-15,20H,7-11H2,1-6H3;1H/q+1;/p-1/t12-,14-,15-,17+,21?;/m1./s1. The monoisotopic (exact) mass is 393 g/mol. The lowest BCUT2D eigenvalue weighted by Gasteiger charge is -2.36. The van der Waals surface area contributed by atoms with Gasteiger partial charge in [0.1, 0.15) is 11.4 Å². The molecule has 2 saturated carbocycles. The molecule has 22 heavy (non-hydrogen) atoms. The third-order valence-corrected chi connectivity index (χ3v) is 8.88. The van der Waals surface area contributed by atoms with Gasteiger partial charge in [-0.15, -0.1) is 0 Å². The Morgan fingerprint density at radius 2 is 1.82 bits per heavy atom. The van der Waals surface area contributed by atoms with E-state index in [-0.39, 0.29) is 50.7 Å². The van der Waals surface area contributed by atoms with Gasteiger partial charge < -0.3 is 27.0 Å². The second-order valence-corrected chi connectivity index (χ2v) is 9.81. The van der Waals surface area contributed by atoms with Gasteiger partial charge in [-0.2, -0.15) is 0 Å². The first-order valence-corrected chi connectivity index (χ1v) is 10.1. The molecular formula is C17H32BrNO2S. The number of carbonyl (C=O) groups excluding carboxylic acids is 1. The smallest absolute Gasteiger partial charge is 0.272 e. The highest BCUT2D eigenvalue weighted by Gasteiger charge is 2.70. The number of fused-ring (bicyclic) bond motifs is 2. The van der Waals surface area contributed by atoms with Crippen LogP contribution in [0.2, 0.25) is 0 Å². The summed E-state index contributed by atoms with van der Waals surface area (Å²) in [7, 11) is -0.0426. The number of nitrogens with zero attached hydrogens (tertiary/aromatic N) is 1. The highest BCUT2D eigenvalue weighted by Crippen LogP contribution is 2.66. The number of hydrogen-bond donors (Lipinski definition) is 1. The lowest BCUT2D eigenvalue weighted by Crippen LogP contribution is -3.00. The van der Waals surface area contributed by atoms with Gasteiger partial charge in [-0.3, -0.25) is 4.79 Å². The number of amides is 1. The van der Waals surface area contributed by atoms with Crippen LogP contribution in [0.15, 0.2) is 0 Å². The van der Waals surface area contributed by atoms with Gasteiger partial charge in [0, 0.05) is 24.4 Å². The first-order valence-electron chi connectivity index (χ1n) is 8.27. The molecule has 0 spiro atoms. The van der Waals surface area contributed by atoms with Gasteiger partial charge in [-0.1, -0.05) is 20.8 Å². The van der Waals surface area contributed by atoms with E-state index in [4.69, 9.17) is 0 Å². The molecule has 130 valence electrons. The first kappa shape index (κ1) is 20.3. The maximum Gasteiger partial charge on any atom is 0.272 e. The lowest BCUT2D eigenvalue weighted by atomic mass is 9.70. The maximum atomic E-state index is 12.4. The average Bonchev–Trinajstić information content (AvgIpc) is 2.72. The molecule has 0 aromatic carbocycles. The minimum absolute atomic E-state index is 0. The summed E-state index contributed by atoms with van der Waals surface area (Å²) in [6.07, 6.45) is 4.28. The topological polar surface area (TPSA) is 40.5 Å². The van der Waals surface area contributed by atoms with Crippen LogP contribution >= 0.6 is 0 Å². The van der Waals surface area contributed by atoms with Crippen LogP contribution in [0.4, 0.5) is 0 Å². The number of aliphatic hydroxyl groups excluding tert-OH is 1. The van der Waals surface area contributed by atoms with Crippen LogP contribution < -0.4 is 17.0 Å². The summed E-state index contributed by atoms with van der Waals surface area (Å²) in [4.78, 5) is 14.3. The predicted molar refractivity (Wildman–Crippen MR) is 90.5 cm³/mol. The minimum Gasteiger partial charge on any atom is -1.00 e. The Morgan fingerprint density at radius 1 is 1.27 bits per heavy atom. The molecular weight excluding hydrogens is 362 g/mol. The Balaban J connectivity index is 0.00000242. The van der Waals surface area contributed by atoms with Gasteiger partial charge in [0.05, 0.1) is 6.26 Å². The summed E-state index contributed by atoms with van der Waals surface area (Å²) in [6.45, 7) is 12.5. The van der Waals surface area contributed by atoms with E-state index in [0.717, 1.165) is 19.5 Å². The van der Waals surface area contributed by atoms with Crippen molar-refractivity contribution in [3.8, 4) is 0 Å². The molecule has 2 rings (SSSR count). The minimum atomic E-state index is -0.246. The number of hydrogen-bond acceptors (Lipinski definition) is 2. The summed E-state index contributed by atoms with van der Waals surface area (Å²) in [6, 6.07) is 0. The molecule has 0 saturated heterocycles. The van der Waals surface area contributed by atoms with Crippen LogP contribution in [0.25, 0.3) is 0 Å². The number of halogens is 1. The highest BCUT2D eigenvalue weighted by atomic mass is 79.9. The van der Waals surface area contributed by atoms with Crippen LogP contribution in [0, 0.1) is 16.7 Å². The molecule has 5 atom stereocenters. The van der Waals surface area contributed by atoms with Crippen molar-refractivity contribution in [2.75, 3.05) is 25.1 Å². The molecule has 3 nitrogen and oxygen atoms in total. The SMILES string of the molecule is CCN(CC)C(=O)C[S+](C)[C@@H]1[C@H]2CC[C@@](C)([C@@H]1O)C2(C)C.[Br-]. The second kappa shape index (κ2) is 7.02. The van der Waals surface area contributed by atoms with Crippen molar-refractivity contribution in [1.29, 1.82) is 0 Å². The van der Waals surface area contributed by atoms with E-state index in [9.17, 15) is 9.90 Å². The van der Waals surface area contributed by atoms with Gasteiger partial charge in [0.15, 0.2) is 5.75 Å². The molecule has 0 heterocycles. The Labute approximate surface area is 149 Å². The average molecular weight is 394 g/mol. The molecule has 0 radical (unpaired) electrons.